The van der Waals surface area contributed by atoms with Crippen molar-refractivity contribution in [1.29, 1.82) is 0 Å². The van der Waals surface area contributed by atoms with Gasteiger partial charge in [-0.1, -0.05) is 24.3 Å². The van der Waals surface area contributed by atoms with E-state index in [-0.39, 0.29) is 0 Å². The predicted molar refractivity (Wildman–Crippen MR) is 41.4 cm³/mol. The Morgan fingerprint density at radius 1 is 1.36 bits per heavy atom. The standard InChI is InChI=1S/C10H9O/c11-10-7-3-5-8-4-1-2-6-9(8)10/h1-2,4,6,10H,3,5H2. The summed E-state index contributed by atoms with van der Waals surface area (Å²) < 4.78 is 0. The van der Waals surface area contributed by atoms with Crippen LogP contribution in [0.2, 0.25) is 0 Å². The molecule has 3 radical (unpaired) electrons. The van der Waals surface area contributed by atoms with Crippen molar-refractivity contribution in [1.82, 2.24) is 0 Å². The van der Waals surface area contributed by atoms with E-state index in [4.69, 9.17) is 0 Å². The highest BCUT2D eigenvalue weighted by Gasteiger charge is 2.18. The summed E-state index contributed by atoms with van der Waals surface area (Å²) >= 11 is 0. The number of aryl methyl sites for hydroxylation is 1. The van der Waals surface area contributed by atoms with Gasteiger partial charge in [0.25, 0.3) is 0 Å². The number of hydrogen-bond acceptors (Lipinski definition) is 0. The van der Waals surface area contributed by atoms with Crippen LogP contribution in [0.4, 0.5) is 0 Å². The van der Waals surface area contributed by atoms with Gasteiger partial charge in [-0.2, -0.15) is 0 Å². The van der Waals surface area contributed by atoms with E-state index in [1.165, 1.54) is 5.56 Å². The summed E-state index contributed by atoms with van der Waals surface area (Å²) in [6, 6.07) is 7.83. The van der Waals surface area contributed by atoms with Crippen molar-refractivity contribution in [3.8, 4) is 0 Å². The van der Waals surface area contributed by atoms with E-state index in [0.717, 1.165) is 18.4 Å². The highest BCUT2D eigenvalue weighted by Crippen LogP contribution is 2.28. The van der Waals surface area contributed by atoms with E-state index in [2.05, 4.69) is 6.42 Å². The Morgan fingerprint density at radius 2 is 2.18 bits per heavy atom. The Morgan fingerprint density at radius 3 is 3.00 bits per heavy atom. The lowest BCUT2D eigenvalue weighted by Gasteiger charge is -2.17. The van der Waals surface area contributed by atoms with Crippen LogP contribution >= 0.6 is 0 Å². The fraction of sp³-hybridized carbons (Fsp3) is 0.300. The Labute approximate surface area is 66.7 Å². The van der Waals surface area contributed by atoms with Crippen molar-refractivity contribution < 1.29 is 5.11 Å². The van der Waals surface area contributed by atoms with Gasteiger partial charge in [-0.25, -0.2) is 5.11 Å². The largest absolute Gasteiger partial charge is 0.227 e. The van der Waals surface area contributed by atoms with Crippen LogP contribution in [0, 0.1) is 6.42 Å². The molecule has 0 heterocycles. The zero-order chi connectivity index (χ0) is 7.68. The highest BCUT2D eigenvalue weighted by atomic mass is 16.3. The summed E-state index contributed by atoms with van der Waals surface area (Å²) in [5.74, 6) is 0. The molecule has 1 unspecified atom stereocenters. The van der Waals surface area contributed by atoms with Gasteiger partial charge in [0.05, 0.1) is 0 Å². The van der Waals surface area contributed by atoms with Gasteiger partial charge >= 0.3 is 0 Å². The minimum absolute atomic E-state index is 0.708. The maximum atomic E-state index is 11.3. The average Bonchev–Trinajstić information content (AvgIpc) is 2.06. The molecule has 0 bridgehead atoms. The molecule has 11 heavy (non-hydrogen) atoms. The normalized spacial score (nSPS) is 22.8. The second kappa shape index (κ2) is 2.67. The number of hydrogen-bond donors (Lipinski definition) is 0. The molecule has 1 atom stereocenters. The van der Waals surface area contributed by atoms with E-state index >= 15 is 0 Å². The van der Waals surface area contributed by atoms with Crippen molar-refractivity contribution in [3.63, 3.8) is 0 Å². The van der Waals surface area contributed by atoms with E-state index in [9.17, 15) is 5.11 Å². The molecule has 1 nitrogen and oxygen atoms in total. The van der Waals surface area contributed by atoms with Gasteiger partial charge in [0.2, 0.25) is 0 Å². The first-order valence-electron chi connectivity index (χ1n) is 3.85. The average molecular weight is 145 g/mol. The van der Waals surface area contributed by atoms with Gasteiger partial charge in [0.1, 0.15) is 6.10 Å². The summed E-state index contributed by atoms with van der Waals surface area (Å²) in [5.41, 5.74) is 2.12. The predicted octanol–water partition coefficient (Wildman–Crippen LogP) is 2.19. The Kier molecular flexibility index (Phi) is 1.66. The molecule has 55 valence electrons. The third kappa shape index (κ3) is 1.16. The summed E-state index contributed by atoms with van der Waals surface area (Å²) in [6.07, 6.45) is 3.97. The number of rotatable bonds is 0. The molecular weight excluding hydrogens is 136 g/mol. The van der Waals surface area contributed by atoms with E-state index in [1.54, 1.807) is 0 Å². The lowest BCUT2D eigenvalue weighted by Crippen LogP contribution is -2.07. The molecular formula is C10H9O. The molecule has 0 aliphatic heterocycles. The topological polar surface area (TPSA) is 19.9 Å². The molecule has 0 aromatic heterocycles. The fourth-order valence-corrected chi connectivity index (χ4v) is 1.47. The van der Waals surface area contributed by atoms with Crippen molar-refractivity contribution in [2.45, 2.75) is 18.9 Å². The van der Waals surface area contributed by atoms with E-state index in [0.29, 0.717) is 0 Å². The third-order valence-corrected chi connectivity index (χ3v) is 2.06. The molecule has 1 aromatic carbocycles. The zero-order valence-electron chi connectivity index (χ0n) is 6.21. The van der Waals surface area contributed by atoms with Crippen LogP contribution in [0.15, 0.2) is 24.3 Å². The summed E-state index contributed by atoms with van der Waals surface area (Å²) in [6.45, 7) is 0. The van der Waals surface area contributed by atoms with Crippen LogP contribution in [0.1, 0.15) is 23.7 Å². The van der Waals surface area contributed by atoms with Gasteiger partial charge in [-0.05, 0) is 24.0 Å². The smallest absolute Gasteiger partial charge is 0.125 e. The summed E-state index contributed by atoms with van der Waals surface area (Å²) in [7, 11) is 0. The Bertz CT molecular complexity index is 255. The van der Waals surface area contributed by atoms with Crippen molar-refractivity contribution in [2.75, 3.05) is 0 Å². The second-order valence-electron chi connectivity index (χ2n) is 2.78. The quantitative estimate of drug-likeness (QED) is 0.533. The van der Waals surface area contributed by atoms with Crippen LogP contribution in [0.3, 0.4) is 0 Å². The number of benzene rings is 1. The first kappa shape index (κ1) is 6.86. The molecule has 2 rings (SSSR count). The van der Waals surface area contributed by atoms with Gasteiger partial charge in [0.15, 0.2) is 0 Å². The van der Waals surface area contributed by atoms with Crippen molar-refractivity contribution in [2.24, 2.45) is 0 Å². The molecule has 1 aliphatic rings. The molecule has 0 saturated heterocycles. The maximum absolute atomic E-state index is 11.3. The van der Waals surface area contributed by atoms with E-state index in [1.807, 2.05) is 24.3 Å². The van der Waals surface area contributed by atoms with Crippen molar-refractivity contribution in [3.05, 3.63) is 41.8 Å². The van der Waals surface area contributed by atoms with Crippen LogP contribution in [-0.4, -0.2) is 0 Å². The van der Waals surface area contributed by atoms with Crippen LogP contribution in [0.25, 0.3) is 0 Å². The summed E-state index contributed by atoms with van der Waals surface area (Å²) in [4.78, 5) is 0. The number of fused-ring (bicyclic) bond motifs is 1. The lowest BCUT2D eigenvalue weighted by atomic mass is 9.90. The fourth-order valence-electron chi connectivity index (χ4n) is 1.47. The first-order valence-corrected chi connectivity index (χ1v) is 3.85. The molecule has 0 fully saturated rings. The highest BCUT2D eigenvalue weighted by molar-refractivity contribution is 5.33. The summed E-state index contributed by atoms with van der Waals surface area (Å²) in [5, 5.41) is 11.3. The van der Waals surface area contributed by atoms with Gasteiger partial charge in [-0.3, -0.25) is 0 Å². The monoisotopic (exact) mass is 145 g/mol. The molecule has 0 N–H and O–H groups in total. The molecule has 0 saturated carbocycles. The van der Waals surface area contributed by atoms with Gasteiger partial charge < -0.3 is 0 Å². The molecule has 1 aliphatic carbocycles. The molecule has 1 heteroatoms. The maximum Gasteiger partial charge on any atom is 0.125 e. The Hall–Kier alpha value is -0.820. The molecule has 0 spiro atoms. The SMILES string of the molecule is [O]C1[C]CCc2ccccc21. The zero-order valence-corrected chi connectivity index (χ0v) is 6.21. The minimum atomic E-state index is -0.708. The minimum Gasteiger partial charge on any atom is -0.227 e. The van der Waals surface area contributed by atoms with Crippen molar-refractivity contribution >= 4 is 0 Å². The Balaban J connectivity index is 2.44. The first-order chi connectivity index (χ1) is 5.38. The third-order valence-electron chi connectivity index (χ3n) is 2.06. The molecule has 1 aromatic rings. The molecule has 0 amide bonds. The van der Waals surface area contributed by atoms with Crippen LogP contribution in [0.5, 0.6) is 0 Å². The second-order valence-corrected chi connectivity index (χ2v) is 2.78. The lowest BCUT2D eigenvalue weighted by molar-refractivity contribution is 0.109. The van der Waals surface area contributed by atoms with Gasteiger partial charge in [-0.15, -0.1) is 0 Å². The van der Waals surface area contributed by atoms with Gasteiger partial charge in [0, 0.05) is 6.42 Å². The van der Waals surface area contributed by atoms with Crippen LogP contribution in [-0.2, 0) is 11.5 Å². The van der Waals surface area contributed by atoms with Crippen LogP contribution < -0.4 is 0 Å². The van der Waals surface area contributed by atoms with E-state index < -0.39 is 6.10 Å².